The molecule has 1 aromatic heterocycles. The molecule has 0 fully saturated rings. The molecule has 0 spiro atoms. The molecular formula is C16H18Cl2N2O. The normalized spacial score (nSPS) is 10.9. The Bertz CT molecular complexity index is 603. The number of nitrogens with one attached hydrogen (secondary N) is 1. The van der Waals surface area contributed by atoms with E-state index in [1.807, 2.05) is 6.07 Å². The van der Waals surface area contributed by atoms with Gasteiger partial charge in [-0.1, -0.05) is 37.0 Å². The number of pyridine rings is 1. The minimum Gasteiger partial charge on any atom is -0.456 e. The Balaban J connectivity index is 2.03. The van der Waals surface area contributed by atoms with E-state index < -0.39 is 0 Å². The summed E-state index contributed by atoms with van der Waals surface area (Å²) in [7, 11) is 0. The summed E-state index contributed by atoms with van der Waals surface area (Å²) in [6, 6.07) is 8.86. The van der Waals surface area contributed by atoms with Crippen molar-refractivity contribution in [3.63, 3.8) is 0 Å². The van der Waals surface area contributed by atoms with E-state index >= 15 is 0 Å². The van der Waals surface area contributed by atoms with Crippen LogP contribution in [0.1, 0.15) is 19.5 Å². The van der Waals surface area contributed by atoms with Crippen molar-refractivity contribution in [1.82, 2.24) is 10.3 Å². The third-order valence-electron chi connectivity index (χ3n) is 2.77. The van der Waals surface area contributed by atoms with E-state index in [0.29, 0.717) is 34.0 Å². The van der Waals surface area contributed by atoms with Crippen LogP contribution in [0.2, 0.25) is 10.0 Å². The summed E-state index contributed by atoms with van der Waals surface area (Å²) in [5.41, 5.74) is 0.929. The van der Waals surface area contributed by atoms with Gasteiger partial charge in [-0.05, 0) is 36.7 Å². The van der Waals surface area contributed by atoms with Crippen LogP contribution in [0, 0.1) is 5.92 Å². The fraction of sp³-hybridized carbons (Fsp3) is 0.312. The van der Waals surface area contributed by atoms with Crippen LogP contribution in [0.4, 0.5) is 0 Å². The van der Waals surface area contributed by atoms with Gasteiger partial charge < -0.3 is 10.1 Å². The van der Waals surface area contributed by atoms with Crippen molar-refractivity contribution in [2.45, 2.75) is 20.4 Å². The summed E-state index contributed by atoms with van der Waals surface area (Å²) in [4.78, 5) is 4.32. The third-order valence-corrected chi connectivity index (χ3v) is 3.30. The molecule has 0 unspecified atom stereocenters. The topological polar surface area (TPSA) is 34.1 Å². The maximum atomic E-state index is 6.10. The molecule has 0 aliphatic rings. The van der Waals surface area contributed by atoms with Crippen molar-refractivity contribution in [2.24, 2.45) is 5.92 Å². The lowest BCUT2D eigenvalue weighted by molar-refractivity contribution is 0.479. The van der Waals surface area contributed by atoms with Gasteiger partial charge in [-0.15, -0.1) is 0 Å². The van der Waals surface area contributed by atoms with Gasteiger partial charge in [0.1, 0.15) is 11.5 Å². The van der Waals surface area contributed by atoms with Gasteiger partial charge in [0, 0.05) is 23.8 Å². The molecule has 0 saturated carbocycles. The molecule has 0 aliphatic heterocycles. The van der Waals surface area contributed by atoms with Crippen LogP contribution in [0.3, 0.4) is 0 Å². The first-order chi connectivity index (χ1) is 10.0. The Morgan fingerprint density at radius 2 is 2.00 bits per heavy atom. The second kappa shape index (κ2) is 7.64. The highest BCUT2D eigenvalue weighted by Crippen LogP contribution is 2.31. The molecule has 1 N–H and O–H groups in total. The molecular weight excluding hydrogens is 307 g/mol. The molecule has 0 amide bonds. The lowest BCUT2D eigenvalue weighted by atomic mass is 10.2. The average molecular weight is 325 g/mol. The van der Waals surface area contributed by atoms with Crippen molar-refractivity contribution >= 4 is 23.2 Å². The van der Waals surface area contributed by atoms with Crippen LogP contribution in [-0.4, -0.2) is 11.5 Å². The second-order valence-corrected chi connectivity index (χ2v) is 6.03. The molecule has 0 saturated heterocycles. The minimum absolute atomic E-state index is 0.485. The lowest BCUT2D eigenvalue weighted by Crippen LogP contribution is -2.19. The Morgan fingerprint density at radius 3 is 2.71 bits per heavy atom. The molecule has 112 valence electrons. The van der Waals surface area contributed by atoms with Crippen LogP contribution in [0.15, 0.2) is 36.5 Å². The largest absolute Gasteiger partial charge is 0.456 e. The number of benzene rings is 1. The van der Waals surface area contributed by atoms with Gasteiger partial charge in [0.25, 0.3) is 0 Å². The van der Waals surface area contributed by atoms with E-state index in [9.17, 15) is 0 Å². The first-order valence-electron chi connectivity index (χ1n) is 6.83. The first-order valence-corrected chi connectivity index (χ1v) is 7.58. The maximum Gasteiger partial charge on any atom is 0.146 e. The standard InChI is InChI=1S/C16H18Cl2N2O/c1-11(2)9-19-10-13-8-14(5-6-20-13)21-16-4-3-12(17)7-15(16)18/h3-8,11,19H,9-10H2,1-2H3. The fourth-order valence-electron chi connectivity index (χ4n) is 1.79. The molecule has 1 heterocycles. The van der Waals surface area contributed by atoms with Crippen LogP contribution >= 0.6 is 23.2 Å². The Morgan fingerprint density at radius 1 is 1.19 bits per heavy atom. The highest BCUT2D eigenvalue weighted by atomic mass is 35.5. The Kier molecular flexibility index (Phi) is 5.85. The molecule has 0 atom stereocenters. The number of aromatic nitrogens is 1. The van der Waals surface area contributed by atoms with Gasteiger partial charge >= 0.3 is 0 Å². The molecule has 0 aliphatic carbocycles. The highest BCUT2D eigenvalue weighted by Gasteiger charge is 2.05. The number of hydrogen-bond donors (Lipinski definition) is 1. The number of halogens is 2. The fourth-order valence-corrected chi connectivity index (χ4v) is 2.24. The van der Waals surface area contributed by atoms with E-state index in [0.717, 1.165) is 12.2 Å². The summed E-state index contributed by atoms with van der Waals surface area (Å²) in [5, 5.41) is 4.42. The highest BCUT2D eigenvalue weighted by molar-refractivity contribution is 6.35. The van der Waals surface area contributed by atoms with E-state index in [2.05, 4.69) is 24.1 Å². The van der Waals surface area contributed by atoms with Gasteiger partial charge in [-0.25, -0.2) is 0 Å². The molecule has 5 heteroatoms. The summed E-state index contributed by atoms with van der Waals surface area (Å²) in [6.07, 6.45) is 1.73. The Hall–Kier alpha value is -1.29. The van der Waals surface area contributed by atoms with Crippen molar-refractivity contribution < 1.29 is 4.74 Å². The zero-order valence-electron chi connectivity index (χ0n) is 12.1. The predicted molar refractivity (Wildman–Crippen MR) is 87.3 cm³/mol. The first kappa shape index (κ1) is 16.1. The van der Waals surface area contributed by atoms with Crippen molar-refractivity contribution in [3.05, 3.63) is 52.3 Å². The van der Waals surface area contributed by atoms with E-state index in [1.54, 1.807) is 30.5 Å². The Labute approximate surface area is 135 Å². The SMILES string of the molecule is CC(C)CNCc1cc(Oc2ccc(Cl)cc2Cl)ccn1. The van der Waals surface area contributed by atoms with Gasteiger partial charge in [0.2, 0.25) is 0 Å². The molecule has 2 aromatic rings. The maximum absolute atomic E-state index is 6.10. The zero-order chi connectivity index (χ0) is 15.2. The molecule has 21 heavy (non-hydrogen) atoms. The quantitative estimate of drug-likeness (QED) is 0.818. The predicted octanol–water partition coefficient (Wildman–Crippen LogP) is 4.93. The summed E-state index contributed by atoms with van der Waals surface area (Å²) in [5.74, 6) is 1.89. The number of ether oxygens (including phenoxy) is 1. The van der Waals surface area contributed by atoms with Crippen LogP contribution in [0.25, 0.3) is 0 Å². The number of nitrogens with zero attached hydrogens (tertiary/aromatic N) is 1. The monoisotopic (exact) mass is 324 g/mol. The van der Waals surface area contributed by atoms with Crippen LogP contribution in [0.5, 0.6) is 11.5 Å². The van der Waals surface area contributed by atoms with Gasteiger partial charge in [-0.3, -0.25) is 4.98 Å². The molecule has 2 rings (SSSR count). The van der Waals surface area contributed by atoms with Crippen molar-refractivity contribution in [2.75, 3.05) is 6.54 Å². The third kappa shape index (κ3) is 5.20. The average Bonchev–Trinajstić information content (AvgIpc) is 2.42. The lowest BCUT2D eigenvalue weighted by Gasteiger charge is -2.10. The van der Waals surface area contributed by atoms with Crippen molar-refractivity contribution in [3.8, 4) is 11.5 Å². The summed E-state index contributed by atoms with van der Waals surface area (Å²) >= 11 is 12.0. The van der Waals surface area contributed by atoms with E-state index in [4.69, 9.17) is 27.9 Å². The zero-order valence-corrected chi connectivity index (χ0v) is 13.6. The van der Waals surface area contributed by atoms with Gasteiger partial charge in [-0.2, -0.15) is 0 Å². The molecule has 1 aromatic carbocycles. The van der Waals surface area contributed by atoms with E-state index in [-0.39, 0.29) is 0 Å². The summed E-state index contributed by atoms with van der Waals surface area (Å²) < 4.78 is 5.77. The van der Waals surface area contributed by atoms with Crippen LogP contribution in [-0.2, 0) is 6.54 Å². The van der Waals surface area contributed by atoms with E-state index in [1.165, 1.54) is 0 Å². The molecule has 0 bridgehead atoms. The summed E-state index contributed by atoms with van der Waals surface area (Å²) in [6.45, 7) is 6.00. The minimum atomic E-state index is 0.485. The van der Waals surface area contributed by atoms with Crippen molar-refractivity contribution in [1.29, 1.82) is 0 Å². The van der Waals surface area contributed by atoms with Crippen LogP contribution < -0.4 is 10.1 Å². The smallest absolute Gasteiger partial charge is 0.146 e. The molecule has 0 radical (unpaired) electrons. The number of hydrogen-bond acceptors (Lipinski definition) is 3. The second-order valence-electron chi connectivity index (χ2n) is 5.18. The molecule has 3 nitrogen and oxygen atoms in total. The number of rotatable bonds is 6. The van der Waals surface area contributed by atoms with Gasteiger partial charge in [0.15, 0.2) is 0 Å². The van der Waals surface area contributed by atoms with Gasteiger partial charge in [0.05, 0.1) is 10.7 Å².